The number of hydrogen-bond donors (Lipinski definition) is 2. The Morgan fingerprint density at radius 2 is 1.85 bits per heavy atom. The van der Waals surface area contributed by atoms with Crippen molar-refractivity contribution in [3.8, 4) is 5.75 Å². The summed E-state index contributed by atoms with van der Waals surface area (Å²) in [6, 6.07) is 14.3. The molecule has 2 N–H and O–H groups in total. The van der Waals surface area contributed by atoms with Crippen LogP contribution < -0.4 is 10.2 Å². The largest absolute Gasteiger partial charge is 0.497 e. The van der Waals surface area contributed by atoms with Crippen LogP contribution in [-0.2, 0) is 11.3 Å². The third-order valence-corrected chi connectivity index (χ3v) is 4.88. The highest BCUT2D eigenvalue weighted by Crippen LogP contribution is 2.38. The Hall–Kier alpha value is -2.67. The van der Waals surface area contributed by atoms with E-state index in [1.807, 2.05) is 24.3 Å². The van der Waals surface area contributed by atoms with Crippen LogP contribution in [0.5, 0.6) is 5.75 Å². The van der Waals surface area contributed by atoms with Crippen LogP contribution in [0.3, 0.4) is 0 Å². The van der Waals surface area contributed by atoms with Crippen LogP contribution in [-0.4, -0.2) is 23.4 Å². The van der Waals surface area contributed by atoms with Gasteiger partial charge >= 0.3 is 0 Å². The second-order valence-corrected chi connectivity index (χ2v) is 6.60. The molecule has 4 rings (SSSR count). The molecule has 3 aromatic rings. The van der Waals surface area contributed by atoms with Crippen molar-refractivity contribution >= 4 is 11.0 Å². The van der Waals surface area contributed by atoms with E-state index in [0.717, 1.165) is 11.3 Å². The summed E-state index contributed by atoms with van der Waals surface area (Å²) in [6.45, 7) is 0.253. The Labute approximate surface area is 155 Å². The normalized spacial score (nSPS) is 21.8. The third-order valence-electron chi connectivity index (χ3n) is 4.88. The van der Waals surface area contributed by atoms with Gasteiger partial charge in [-0.05, 0) is 29.8 Å². The van der Waals surface area contributed by atoms with E-state index in [1.54, 1.807) is 31.4 Å². The van der Waals surface area contributed by atoms with E-state index >= 15 is 0 Å². The summed E-state index contributed by atoms with van der Waals surface area (Å²) < 4.78 is 16.8. The van der Waals surface area contributed by atoms with Crippen molar-refractivity contribution in [1.29, 1.82) is 0 Å². The molecule has 0 unspecified atom stereocenters. The lowest BCUT2D eigenvalue weighted by molar-refractivity contribution is -0.0668. The van der Waals surface area contributed by atoms with E-state index in [2.05, 4.69) is 0 Å². The van der Waals surface area contributed by atoms with E-state index in [9.17, 15) is 15.0 Å². The molecule has 0 bridgehead atoms. The molecule has 1 aliphatic rings. The smallest absolute Gasteiger partial charge is 0.198 e. The molecule has 27 heavy (non-hydrogen) atoms. The van der Waals surface area contributed by atoms with Gasteiger partial charge in [0, 0.05) is 6.42 Å². The number of methoxy groups -OCH3 is 1. The van der Waals surface area contributed by atoms with Gasteiger partial charge in [0.1, 0.15) is 23.2 Å². The molecule has 0 spiro atoms. The standard InChI is InChI=1S/C21H20O6/c1-25-13-8-6-12(7-9-13)11-26-17-10-15(22)20(24)21-18(17)19(23)14-4-2-3-5-16(14)27-21/h2-9,15,17,20,22,24H,10-11H2,1H3/t15-,17+,20-/m1/s1. The Balaban J connectivity index is 1.69. The maximum Gasteiger partial charge on any atom is 0.198 e. The molecule has 0 aliphatic heterocycles. The maximum absolute atomic E-state index is 13.0. The zero-order valence-corrected chi connectivity index (χ0v) is 14.8. The third kappa shape index (κ3) is 3.23. The van der Waals surface area contributed by atoms with Crippen molar-refractivity contribution in [2.75, 3.05) is 7.11 Å². The average molecular weight is 368 g/mol. The highest BCUT2D eigenvalue weighted by atomic mass is 16.5. The van der Waals surface area contributed by atoms with Gasteiger partial charge < -0.3 is 24.1 Å². The zero-order valence-electron chi connectivity index (χ0n) is 14.8. The monoisotopic (exact) mass is 368 g/mol. The van der Waals surface area contributed by atoms with Crippen LogP contribution in [0.25, 0.3) is 11.0 Å². The Morgan fingerprint density at radius 1 is 1.11 bits per heavy atom. The van der Waals surface area contributed by atoms with E-state index in [1.165, 1.54) is 0 Å². The van der Waals surface area contributed by atoms with Gasteiger partial charge in [-0.1, -0.05) is 24.3 Å². The Kier molecular flexibility index (Phi) is 4.70. The minimum Gasteiger partial charge on any atom is -0.497 e. The molecule has 0 amide bonds. The number of aliphatic hydroxyl groups is 2. The molecule has 6 nitrogen and oxygen atoms in total. The van der Waals surface area contributed by atoms with Crippen molar-refractivity contribution in [3.05, 3.63) is 75.6 Å². The summed E-state index contributed by atoms with van der Waals surface area (Å²) in [4.78, 5) is 13.0. The predicted molar refractivity (Wildman–Crippen MR) is 98.6 cm³/mol. The number of rotatable bonds is 4. The van der Waals surface area contributed by atoms with E-state index in [4.69, 9.17) is 13.9 Å². The van der Waals surface area contributed by atoms with Gasteiger partial charge in [-0.2, -0.15) is 0 Å². The number of aliphatic hydroxyl groups excluding tert-OH is 2. The summed E-state index contributed by atoms with van der Waals surface area (Å²) in [6.07, 6.45) is -2.87. The summed E-state index contributed by atoms with van der Waals surface area (Å²) in [5.74, 6) is 0.824. The number of para-hydroxylation sites is 1. The molecule has 0 saturated heterocycles. The van der Waals surface area contributed by atoms with Crippen molar-refractivity contribution in [2.24, 2.45) is 0 Å². The predicted octanol–water partition coefficient (Wildman–Crippen LogP) is 2.86. The van der Waals surface area contributed by atoms with Gasteiger partial charge in [-0.3, -0.25) is 4.79 Å². The first-order valence-electron chi connectivity index (χ1n) is 8.74. The summed E-state index contributed by atoms with van der Waals surface area (Å²) >= 11 is 0. The number of benzene rings is 2. The van der Waals surface area contributed by atoms with Crippen LogP contribution in [0.4, 0.5) is 0 Å². The zero-order chi connectivity index (χ0) is 19.0. The lowest BCUT2D eigenvalue weighted by atomic mass is 9.88. The molecule has 1 aliphatic carbocycles. The van der Waals surface area contributed by atoms with E-state index in [-0.39, 0.29) is 29.8 Å². The quantitative estimate of drug-likeness (QED) is 0.736. The van der Waals surface area contributed by atoms with Crippen LogP contribution >= 0.6 is 0 Å². The van der Waals surface area contributed by atoms with E-state index < -0.39 is 18.3 Å². The summed E-state index contributed by atoms with van der Waals surface area (Å²) in [7, 11) is 1.60. The summed E-state index contributed by atoms with van der Waals surface area (Å²) in [5.41, 5.74) is 1.32. The minimum absolute atomic E-state index is 0.0807. The first kappa shape index (κ1) is 17.7. The number of hydrogen-bond acceptors (Lipinski definition) is 6. The lowest BCUT2D eigenvalue weighted by Gasteiger charge is -2.31. The highest BCUT2D eigenvalue weighted by Gasteiger charge is 2.38. The van der Waals surface area contributed by atoms with Crippen LogP contribution in [0.15, 0.2) is 57.7 Å². The maximum atomic E-state index is 13.0. The highest BCUT2D eigenvalue weighted by molar-refractivity contribution is 5.77. The molecule has 2 aromatic carbocycles. The van der Waals surface area contributed by atoms with Crippen LogP contribution in [0.1, 0.15) is 35.5 Å². The Morgan fingerprint density at radius 3 is 2.59 bits per heavy atom. The van der Waals surface area contributed by atoms with Gasteiger partial charge in [0.25, 0.3) is 0 Å². The fraction of sp³-hybridized carbons (Fsp3) is 0.286. The van der Waals surface area contributed by atoms with Gasteiger partial charge in [-0.25, -0.2) is 0 Å². The SMILES string of the molecule is COc1ccc(CO[C@H]2C[C@@H](O)[C@@H](O)c3oc4ccccc4c(=O)c32)cc1. The second kappa shape index (κ2) is 7.15. The van der Waals surface area contributed by atoms with Gasteiger partial charge in [0.05, 0.1) is 36.9 Å². The molecule has 6 heteroatoms. The molecule has 0 saturated carbocycles. The van der Waals surface area contributed by atoms with Crippen LogP contribution in [0, 0.1) is 0 Å². The van der Waals surface area contributed by atoms with E-state index in [0.29, 0.717) is 11.0 Å². The molecule has 1 aromatic heterocycles. The van der Waals surface area contributed by atoms with Crippen molar-refractivity contribution < 1.29 is 24.1 Å². The number of ether oxygens (including phenoxy) is 2. The van der Waals surface area contributed by atoms with Gasteiger partial charge in [0.2, 0.25) is 0 Å². The molecule has 3 atom stereocenters. The first-order valence-corrected chi connectivity index (χ1v) is 8.74. The fourth-order valence-electron chi connectivity index (χ4n) is 3.41. The van der Waals surface area contributed by atoms with Crippen LogP contribution in [0.2, 0.25) is 0 Å². The van der Waals surface area contributed by atoms with Gasteiger partial charge in [-0.15, -0.1) is 0 Å². The fourth-order valence-corrected chi connectivity index (χ4v) is 3.41. The Bertz CT molecular complexity index is 1010. The van der Waals surface area contributed by atoms with Crippen molar-refractivity contribution in [1.82, 2.24) is 0 Å². The molecule has 140 valence electrons. The topological polar surface area (TPSA) is 89.1 Å². The van der Waals surface area contributed by atoms with Crippen molar-refractivity contribution in [2.45, 2.75) is 31.3 Å². The lowest BCUT2D eigenvalue weighted by Crippen LogP contribution is -2.33. The van der Waals surface area contributed by atoms with Crippen molar-refractivity contribution in [3.63, 3.8) is 0 Å². The molecular weight excluding hydrogens is 348 g/mol. The summed E-state index contributed by atoms with van der Waals surface area (Å²) in [5, 5.41) is 21.0. The average Bonchev–Trinajstić information content (AvgIpc) is 2.70. The first-order chi connectivity index (χ1) is 13.1. The molecule has 0 fully saturated rings. The second-order valence-electron chi connectivity index (χ2n) is 6.60. The molecular formula is C21H20O6. The molecule has 1 heterocycles. The minimum atomic E-state index is -1.25. The molecule has 0 radical (unpaired) electrons. The number of fused-ring (bicyclic) bond motifs is 2. The van der Waals surface area contributed by atoms with Gasteiger partial charge in [0.15, 0.2) is 5.43 Å².